The fourth-order valence-corrected chi connectivity index (χ4v) is 8.32. The Balaban J connectivity index is 1.98. The Morgan fingerprint density at radius 3 is 1.69 bits per heavy atom. The SMILES string of the molecule is C#CCC(C/C=C\COC(=O)c1ccccc1)(S(=O)(=O)c1ccccc1)S(=O)(=O)c1ccccc1. The lowest BCUT2D eigenvalue weighted by atomic mass is 10.2. The highest BCUT2D eigenvalue weighted by Crippen LogP contribution is 2.41. The zero-order valence-corrected chi connectivity index (χ0v) is 20.4. The lowest BCUT2D eigenvalue weighted by Crippen LogP contribution is -2.46. The monoisotopic (exact) mass is 508 g/mol. The van der Waals surface area contributed by atoms with Gasteiger partial charge in [0.25, 0.3) is 0 Å². The maximum absolute atomic E-state index is 13.8. The smallest absolute Gasteiger partial charge is 0.338 e. The molecule has 0 unspecified atom stereocenters. The average Bonchev–Trinajstić information content (AvgIpc) is 2.89. The molecule has 3 aromatic carbocycles. The first-order valence-electron chi connectivity index (χ1n) is 10.7. The molecule has 0 N–H and O–H groups in total. The molecule has 0 aliphatic carbocycles. The fourth-order valence-electron chi connectivity index (χ4n) is 3.52. The van der Waals surface area contributed by atoms with Gasteiger partial charge < -0.3 is 4.74 Å². The zero-order valence-electron chi connectivity index (χ0n) is 18.8. The molecule has 6 nitrogen and oxygen atoms in total. The molecule has 180 valence electrons. The van der Waals surface area contributed by atoms with Crippen molar-refractivity contribution in [1.29, 1.82) is 0 Å². The third-order valence-electron chi connectivity index (χ3n) is 5.37. The minimum atomic E-state index is -4.47. The topological polar surface area (TPSA) is 94.6 Å². The Morgan fingerprint density at radius 1 is 0.771 bits per heavy atom. The number of allylic oxidation sites excluding steroid dienone is 1. The molecule has 0 fully saturated rings. The largest absolute Gasteiger partial charge is 0.458 e. The first-order chi connectivity index (χ1) is 16.8. The highest BCUT2D eigenvalue weighted by atomic mass is 32.3. The number of rotatable bonds is 10. The van der Waals surface area contributed by atoms with Crippen LogP contribution in [0.25, 0.3) is 0 Å². The predicted octanol–water partition coefficient (Wildman–Crippen LogP) is 4.46. The summed E-state index contributed by atoms with van der Waals surface area (Å²) in [6.45, 7) is -0.170. The van der Waals surface area contributed by atoms with Crippen molar-refractivity contribution in [2.45, 2.75) is 26.7 Å². The molecule has 0 saturated carbocycles. The summed E-state index contributed by atoms with van der Waals surface area (Å²) < 4.78 is 58.1. The number of carbonyl (C=O) groups is 1. The quantitative estimate of drug-likeness (QED) is 0.228. The number of terminal acetylenes is 1. The molecule has 3 rings (SSSR count). The van der Waals surface area contributed by atoms with Crippen LogP contribution >= 0.6 is 0 Å². The molecule has 0 aromatic heterocycles. The molecule has 0 spiro atoms. The summed E-state index contributed by atoms with van der Waals surface area (Å²) >= 11 is 0. The summed E-state index contributed by atoms with van der Waals surface area (Å²) in [4.78, 5) is 11.8. The Hall–Kier alpha value is -3.67. The van der Waals surface area contributed by atoms with Crippen LogP contribution in [0.1, 0.15) is 23.2 Å². The van der Waals surface area contributed by atoms with Gasteiger partial charge in [-0.2, -0.15) is 0 Å². The molecule has 0 amide bonds. The van der Waals surface area contributed by atoms with Crippen molar-refractivity contribution in [1.82, 2.24) is 0 Å². The molecule has 0 radical (unpaired) electrons. The average molecular weight is 509 g/mol. The number of carbonyl (C=O) groups excluding carboxylic acids is 1. The van der Waals surface area contributed by atoms with Gasteiger partial charge in [-0.15, -0.1) is 12.3 Å². The van der Waals surface area contributed by atoms with Crippen LogP contribution in [0.5, 0.6) is 0 Å². The summed E-state index contributed by atoms with van der Waals surface area (Å²) in [5.74, 6) is 1.71. The van der Waals surface area contributed by atoms with Crippen molar-refractivity contribution in [3.63, 3.8) is 0 Å². The Labute approximate surface area is 206 Å². The van der Waals surface area contributed by atoms with Crippen LogP contribution in [0.3, 0.4) is 0 Å². The molecular formula is C27H24O6S2. The summed E-state index contributed by atoms with van der Waals surface area (Å²) in [5.41, 5.74) is 0.362. The molecule has 0 heterocycles. The Kier molecular flexibility index (Phi) is 8.28. The van der Waals surface area contributed by atoms with Crippen molar-refractivity contribution in [3.8, 4) is 12.3 Å². The molecule has 0 aliphatic heterocycles. The van der Waals surface area contributed by atoms with Gasteiger partial charge in [-0.25, -0.2) is 21.6 Å². The van der Waals surface area contributed by atoms with Crippen molar-refractivity contribution in [3.05, 3.63) is 109 Å². The van der Waals surface area contributed by atoms with Crippen LogP contribution in [0.4, 0.5) is 0 Å². The van der Waals surface area contributed by atoms with Gasteiger partial charge in [0.05, 0.1) is 15.4 Å². The molecule has 8 heteroatoms. The van der Waals surface area contributed by atoms with Gasteiger partial charge in [0.15, 0.2) is 23.8 Å². The van der Waals surface area contributed by atoms with Gasteiger partial charge in [0.2, 0.25) is 0 Å². The van der Waals surface area contributed by atoms with E-state index in [-0.39, 0.29) is 16.4 Å². The second-order valence-electron chi connectivity index (χ2n) is 7.56. The molecule has 35 heavy (non-hydrogen) atoms. The zero-order chi connectivity index (χ0) is 25.4. The van der Waals surface area contributed by atoms with Gasteiger partial charge in [0.1, 0.15) is 6.61 Å². The molecule has 3 aromatic rings. The highest BCUT2D eigenvalue weighted by Gasteiger charge is 2.54. The summed E-state index contributed by atoms with van der Waals surface area (Å²) in [7, 11) is -8.93. The van der Waals surface area contributed by atoms with E-state index >= 15 is 0 Å². The number of sulfone groups is 2. The van der Waals surface area contributed by atoms with Crippen LogP contribution in [0.15, 0.2) is 113 Å². The van der Waals surface area contributed by atoms with Crippen molar-refractivity contribution in [2.75, 3.05) is 6.61 Å². The molecular weight excluding hydrogens is 484 g/mol. The van der Waals surface area contributed by atoms with Gasteiger partial charge in [-0.1, -0.05) is 66.7 Å². The van der Waals surface area contributed by atoms with Crippen LogP contribution in [0.2, 0.25) is 0 Å². The van der Waals surface area contributed by atoms with Crippen molar-refractivity contribution >= 4 is 25.6 Å². The van der Waals surface area contributed by atoms with E-state index in [2.05, 4.69) is 5.92 Å². The predicted molar refractivity (Wildman–Crippen MR) is 134 cm³/mol. The first kappa shape index (κ1) is 25.9. The normalized spacial score (nSPS) is 12.2. The van der Waals surface area contributed by atoms with Gasteiger partial charge in [-0.05, 0) is 36.4 Å². The summed E-state index contributed by atoms with van der Waals surface area (Å²) in [5, 5.41) is 0. The standard InChI is InChI=1S/C27H24O6S2/c1-2-20-27(34(29,30)24-16-8-4-9-17-24,35(31,32)25-18-10-5-11-19-25)21-12-13-22-33-26(28)23-14-6-3-7-15-23/h1,3-19H,20-22H2/b13-12-. The minimum Gasteiger partial charge on any atom is -0.458 e. The second kappa shape index (κ2) is 11.2. The molecule has 0 bridgehead atoms. The minimum absolute atomic E-state index is 0.154. The van der Waals surface area contributed by atoms with Crippen LogP contribution < -0.4 is 0 Å². The number of hydrogen-bond donors (Lipinski definition) is 0. The highest BCUT2D eigenvalue weighted by molar-refractivity contribution is 8.10. The van der Waals surface area contributed by atoms with E-state index in [4.69, 9.17) is 11.2 Å². The maximum Gasteiger partial charge on any atom is 0.338 e. The third-order valence-corrected chi connectivity index (χ3v) is 11.1. The number of ether oxygens (including phenoxy) is 1. The Bertz CT molecular complexity index is 1350. The van der Waals surface area contributed by atoms with E-state index in [1.54, 1.807) is 42.5 Å². The fraction of sp³-hybridized carbons (Fsp3) is 0.148. The maximum atomic E-state index is 13.8. The van der Waals surface area contributed by atoms with E-state index < -0.39 is 42.6 Å². The number of hydrogen-bond acceptors (Lipinski definition) is 6. The molecule has 0 aliphatic rings. The van der Waals surface area contributed by atoms with Gasteiger partial charge in [0, 0.05) is 12.8 Å². The van der Waals surface area contributed by atoms with Gasteiger partial charge in [-0.3, -0.25) is 0 Å². The Morgan fingerprint density at radius 2 is 1.23 bits per heavy atom. The summed E-state index contributed by atoms with van der Waals surface area (Å²) in [6.07, 6.45) is 7.30. The third kappa shape index (κ3) is 5.37. The van der Waals surface area contributed by atoms with Crippen LogP contribution in [-0.4, -0.2) is 33.5 Å². The molecule has 0 atom stereocenters. The van der Waals surface area contributed by atoms with E-state index in [0.29, 0.717) is 5.56 Å². The van der Waals surface area contributed by atoms with Crippen LogP contribution in [0, 0.1) is 12.3 Å². The van der Waals surface area contributed by atoms with Crippen molar-refractivity contribution < 1.29 is 26.4 Å². The van der Waals surface area contributed by atoms with E-state index in [1.165, 1.54) is 60.7 Å². The summed E-state index contributed by atoms with van der Waals surface area (Å²) in [6, 6.07) is 23.0. The van der Waals surface area contributed by atoms with E-state index in [1.807, 2.05) is 0 Å². The van der Waals surface area contributed by atoms with Crippen molar-refractivity contribution in [2.24, 2.45) is 0 Å². The van der Waals surface area contributed by atoms with Crippen LogP contribution in [-0.2, 0) is 24.4 Å². The van der Waals surface area contributed by atoms with E-state index in [9.17, 15) is 21.6 Å². The van der Waals surface area contributed by atoms with E-state index in [0.717, 1.165) is 0 Å². The second-order valence-corrected chi connectivity index (χ2v) is 12.3. The first-order valence-corrected chi connectivity index (χ1v) is 13.6. The number of benzene rings is 3. The lowest BCUT2D eigenvalue weighted by Gasteiger charge is -2.30. The lowest BCUT2D eigenvalue weighted by molar-refractivity contribution is 0.0549. The van der Waals surface area contributed by atoms with Gasteiger partial charge >= 0.3 is 5.97 Å². The molecule has 0 saturated heterocycles. The number of esters is 1.